The lowest BCUT2D eigenvalue weighted by Crippen LogP contribution is -2.15. The molecule has 0 radical (unpaired) electrons. The van der Waals surface area contributed by atoms with Gasteiger partial charge in [-0.1, -0.05) is 48.2 Å². The molecule has 92 valence electrons. The quantitative estimate of drug-likeness (QED) is 0.713. The summed E-state index contributed by atoms with van der Waals surface area (Å²) in [6.07, 6.45) is 5.81. The van der Waals surface area contributed by atoms with Crippen molar-refractivity contribution in [2.24, 2.45) is 5.92 Å². The predicted molar refractivity (Wildman–Crippen MR) is 71.7 cm³/mol. The van der Waals surface area contributed by atoms with Crippen molar-refractivity contribution in [2.45, 2.75) is 38.5 Å². The van der Waals surface area contributed by atoms with E-state index < -0.39 is 0 Å². The van der Waals surface area contributed by atoms with Crippen LogP contribution in [0.3, 0.4) is 0 Å². The molecule has 0 bridgehead atoms. The van der Waals surface area contributed by atoms with E-state index in [1.54, 1.807) is 6.07 Å². The maximum atomic E-state index is 11.9. The lowest BCUT2D eigenvalue weighted by Gasteiger charge is -2.14. The standard InChI is InChI=1S/C14H16Cl2O/c15-12-7-4-6-11(14(12)16)9-10-5-2-1-3-8-13(10)17/h4,6-7,10H,1-3,5,8-9H2. The molecule has 1 aromatic rings. The summed E-state index contributed by atoms with van der Waals surface area (Å²) in [7, 11) is 0. The van der Waals surface area contributed by atoms with Gasteiger partial charge in [-0.15, -0.1) is 0 Å². The summed E-state index contributed by atoms with van der Waals surface area (Å²) < 4.78 is 0. The van der Waals surface area contributed by atoms with Gasteiger partial charge in [-0.3, -0.25) is 4.79 Å². The van der Waals surface area contributed by atoms with Crippen molar-refractivity contribution in [3.63, 3.8) is 0 Å². The molecule has 3 heteroatoms. The van der Waals surface area contributed by atoms with E-state index in [0.717, 1.165) is 37.7 Å². The zero-order valence-corrected chi connectivity index (χ0v) is 11.2. The van der Waals surface area contributed by atoms with Crippen molar-refractivity contribution in [3.8, 4) is 0 Å². The van der Waals surface area contributed by atoms with Crippen LogP contribution in [0, 0.1) is 5.92 Å². The molecule has 1 fully saturated rings. The Morgan fingerprint density at radius 3 is 2.82 bits per heavy atom. The summed E-state index contributed by atoms with van der Waals surface area (Å²) in [5.74, 6) is 0.520. The molecule has 1 aliphatic rings. The Balaban J connectivity index is 2.13. The molecular formula is C14H16Cl2O. The van der Waals surface area contributed by atoms with Gasteiger partial charge >= 0.3 is 0 Å². The normalized spacial score (nSPS) is 21.3. The molecule has 1 aliphatic carbocycles. The van der Waals surface area contributed by atoms with Crippen LogP contribution in [0.1, 0.15) is 37.7 Å². The van der Waals surface area contributed by atoms with Gasteiger partial charge in [0.05, 0.1) is 10.0 Å². The van der Waals surface area contributed by atoms with E-state index in [9.17, 15) is 4.79 Å². The summed E-state index contributed by atoms with van der Waals surface area (Å²) in [5.41, 5.74) is 0.999. The lowest BCUT2D eigenvalue weighted by molar-refractivity contribution is -0.122. The highest BCUT2D eigenvalue weighted by Crippen LogP contribution is 2.30. The summed E-state index contributed by atoms with van der Waals surface area (Å²) in [6.45, 7) is 0. The summed E-state index contributed by atoms with van der Waals surface area (Å²) >= 11 is 12.1. The van der Waals surface area contributed by atoms with E-state index in [1.807, 2.05) is 12.1 Å². The average molecular weight is 271 g/mol. The molecular weight excluding hydrogens is 255 g/mol. The van der Waals surface area contributed by atoms with Gasteiger partial charge in [0.1, 0.15) is 5.78 Å². The SMILES string of the molecule is O=C1CCCCCC1Cc1cccc(Cl)c1Cl. The molecule has 0 saturated heterocycles. The Morgan fingerprint density at radius 1 is 1.18 bits per heavy atom. The zero-order chi connectivity index (χ0) is 12.3. The van der Waals surface area contributed by atoms with E-state index in [1.165, 1.54) is 6.42 Å². The number of hydrogen-bond acceptors (Lipinski definition) is 1. The average Bonchev–Trinajstić information content (AvgIpc) is 2.51. The predicted octanol–water partition coefficient (Wildman–Crippen LogP) is 4.69. The number of Topliss-reactive ketones (excluding diaryl/α,β-unsaturated/α-hetero) is 1. The van der Waals surface area contributed by atoms with Crippen molar-refractivity contribution < 1.29 is 4.79 Å². The molecule has 0 aromatic heterocycles. The summed E-state index contributed by atoms with van der Waals surface area (Å²) in [4.78, 5) is 11.9. The minimum Gasteiger partial charge on any atom is -0.299 e. The van der Waals surface area contributed by atoms with Crippen LogP contribution in [0.4, 0.5) is 0 Å². The molecule has 1 saturated carbocycles. The molecule has 1 atom stereocenters. The largest absolute Gasteiger partial charge is 0.299 e. The Hall–Kier alpha value is -0.530. The second-order valence-electron chi connectivity index (χ2n) is 4.68. The Kier molecular flexibility index (Phi) is 4.47. The minimum absolute atomic E-state index is 0.133. The third-order valence-electron chi connectivity index (χ3n) is 3.43. The van der Waals surface area contributed by atoms with Crippen LogP contribution < -0.4 is 0 Å². The third-order valence-corrected chi connectivity index (χ3v) is 4.29. The van der Waals surface area contributed by atoms with Gasteiger partial charge in [-0.25, -0.2) is 0 Å². The highest BCUT2D eigenvalue weighted by Gasteiger charge is 2.22. The molecule has 1 nitrogen and oxygen atoms in total. The molecule has 0 spiro atoms. The van der Waals surface area contributed by atoms with Crippen LogP contribution in [0.5, 0.6) is 0 Å². The van der Waals surface area contributed by atoms with Gasteiger partial charge in [0.15, 0.2) is 0 Å². The summed E-state index contributed by atoms with van der Waals surface area (Å²) in [6, 6.07) is 5.64. The van der Waals surface area contributed by atoms with Crippen LogP contribution in [-0.2, 0) is 11.2 Å². The second kappa shape index (κ2) is 5.88. The van der Waals surface area contributed by atoms with Gasteiger partial charge in [-0.05, 0) is 30.9 Å². The lowest BCUT2D eigenvalue weighted by atomic mass is 9.91. The van der Waals surface area contributed by atoms with E-state index in [0.29, 0.717) is 15.8 Å². The number of carbonyl (C=O) groups excluding carboxylic acids is 1. The molecule has 0 N–H and O–H groups in total. The van der Waals surface area contributed by atoms with Crippen LogP contribution in [0.15, 0.2) is 18.2 Å². The highest BCUT2D eigenvalue weighted by molar-refractivity contribution is 6.42. The first-order chi connectivity index (χ1) is 8.18. The highest BCUT2D eigenvalue weighted by atomic mass is 35.5. The fourth-order valence-corrected chi connectivity index (χ4v) is 2.82. The van der Waals surface area contributed by atoms with Crippen molar-refractivity contribution in [3.05, 3.63) is 33.8 Å². The maximum absolute atomic E-state index is 11.9. The molecule has 0 amide bonds. The van der Waals surface area contributed by atoms with Crippen LogP contribution in [-0.4, -0.2) is 5.78 Å². The number of halogens is 2. The van der Waals surface area contributed by atoms with Crippen LogP contribution in [0.25, 0.3) is 0 Å². The fourth-order valence-electron chi connectivity index (χ4n) is 2.42. The van der Waals surface area contributed by atoms with Gasteiger partial charge < -0.3 is 0 Å². The fraction of sp³-hybridized carbons (Fsp3) is 0.500. The minimum atomic E-state index is 0.133. The first-order valence-corrected chi connectivity index (χ1v) is 6.89. The Bertz CT molecular complexity index is 415. The number of carbonyl (C=O) groups is 1. The first-order valence-electron chi connectivity index (χ1n) is 6.14. The molecule has 0 heterocycles. The van der Waals surface area contributed by atoms with Gasteiger partial charge in [0.25, 0.3) is 0 Å². The van der Waals surface area contributed by atoms with Crippen molar-refractivity contribution in [1.82, 2.24) is 0 Å². The number of hydrogen-bond donors (Lipinski definition) is 0. The van der Waals surface area contributed by atoms with Crippen molar-refractivity contribution in [1.29, 1.82) is 0 Å². The molecule has 1 aromatic carbocycles. The van der Waals surface area contributed by atoms with Gasteiger partial charge in [0, 0.05) is 12.3 Å². The first kappa shape index (κ1) is 12.9. The topological polar surface area (TPSA) is 17.1 Å². The van der Waals surface area contributed by atoms with E-state index >= 15 is 0 Å². The maximum Gasteiger partial charge on any atom is 0.136 e. The zero-order valence-electron chi connectivity index (χ0n) is 9.72. The van der Waals surface area contributed by atoms with Crippen molar-refractivity contribution in [2.75, 3.05) is 0 Å². The number of benzene rings is 1. The van der Waals surface area contributed by atoms with E-state index in [-0.39, 0.29) is 5.92 Å². The Morgan fingerprint density at radius 2 is 2.00 bits per heavy atom. The molecule has 0 aliphatic heterocycles. The second-order valence-corrected chi connectivity index (χ2v) is 5.46. The van der Waals surface area contributed by atoms with Crippen molar-refractivity contribution >= 4 is 29.0 Å². The number of rotatable bonds is 2. The molecule has 17 heavy (non-hydrogen) atoms. The third kappa shape index (κ3) is 3.23. The van der Waals surface area contributed by atoms with E-state index in [2.05, 4.69) is 0 Å². The van der Waals surface area contributed by atoms with E-state index in [4.69, 9.17) is 23.2 Å². The van der Waals surface area contributed by atoms with Gasteiger partial charge in [-0.2, -0.15) is 0 Å². The monoisotopic (exact) mass is 270 g/mol. The molecule has 2 rings (SSSR count). The number of ketones is 1. The van der Waals surface area contributed by atoms with Crippen LogP contribution in [0.2, 0.25) is 10.0 Å². The van der Waals surface area contributed by atoms with Crippen LogP contribution >= 0.6 is 23.2 Å². The molecule has 1 unspecified atom stereocenters. The Labute approximate surface area is 112 Å². The smallest absolute Gasteiger partial charge is 0.136 e. The van der Waals surface area contributed by atoms with Gasteiger partial charge in [0.2, 0.25) is 0 Å². The summed E-state index contributed by atoms with van der Waals surface area (Å²) in [5, 5.41) is 1.18.